The number of aliphatic hydroxyl groups is 4. The first-order chi connectivity index (χ1) is 16.6. The van der Waals surface area contributed by atoms with Crippen LogP contribution in [0.25, 0.3) is 22.3 Å². The van der Waals surface area contributed by atoms with E-state index in [1.54, 1.807) is 0 Å². The molecule has 35 heavy (non-hydrogen) atoms. The molecule has 0 saturated carbocycles. The molecular weight excluding hydrogens is 472 g/mol. The highest BCUT2D eigenvalue weighted by atomic mass is 16.7. The zero-order chi connectivity index (χ0) is 25.6. The van der Waals surface area contributed by atoms with Crippen LogP contribution in [0.1, 0.15) is 0 Å². The average molecular weight is 494 g/mol. The second-order valence-corrected chi connectivity index (χ2v) is 7.76. The van der Waals surface area contributed by atoms with Crippen molar-refractivity contribution in [1.29, 1.82) is 0 Å². The van der Waals surface area contributed by atoms with E-state index in [1.165, 1.54) is 25.3 Å². The molecule has 0 radical (unpaired) electrons. The van der Waals surface area contributed by atoms with Crippen molar-refractivity contribution in [2.75, 3.05) is 13.7 Å². The smallest absolute Gasteiger partial charge is 0.239 e. The summed E-state index contributed by atoms with van der Waals surface area (Å²) in [5.41, 5.74) is -1.32. The van der Waals surface area contributed by atoms with E-state index in [4.69, 9.17) is 18.6 Å². The Hall–Kier alpha value is -3.75. The Morgan fingerprint density at radius 3 is 2.31 bits per heavy atom. The largest absolute Gasteiger partial charge is 0.504 e. The van der Waals surface area contributed by atoms with E-state index in [1.807, 2.05) is 0 Å². The molecule has 5 atom stereocenters. The number of methoxy groups -OCH3 is 1. The Labute approximate surface area is 195 Å². The predicted octanol–water partition coefficient (Wildman–Crippen LogP) is -0.530. The molecule has 2 heterocycles. The summed E-state index contributed by atoms with van der Waals surface area (Å²) in [6, 6.07) is 4.70. The number of rotatable bonds is 5. The fourth-order valence-electron chi connectivity index (χ4n) is 3.69. The summed E-state index contributed by atoms with van der Waals surface area (Å²) in [7, 11) is 1.28. The molecule has 1 aromatic heterocycles. The summed E-state index contributed by atoms with van der Waals surface area (Å²) < 4.78 is 21.6. The lowest BCUT2D eigenvalue weighted by molar-refractivity contribution is -0.277. The quantitative estimate of drug-likeness (QED) is 0.209. The minimum atomic E-state index is -1.88. The summed E-state index contributed by atoms with van der Waals surface area (Å²) in [5.74, 6) is -4.05. The monoisotopic (exact) mass is 494 g/mol. The van der Waals surface area contributed by atoms with Crippen molar-refractivity contribution >= 4 is 11.0 Å². The van der Waals surface area contributed by atoms with E-state index < -0.39 is 71.1 Å². The molecule has 1 aliphatic heterocycles. The molecule has 1 aliphatic rings. The number of aliphatic hydroxyl groups excluding tert-OH is 4. The number of phenolic OH excluding ortho intramolecular Hbond substituents is 4. The normalized spacial score (nSPS) is 24.4. The molecule has 188 valence electrons. The Kier molecular flexibility index (Phi) is 6.36. The van der Waals surface area contributed by atoms with Gasteiger partial charge >= 0.3 is 0 Å². The van der Waals surface area contributed by atoms with Crippen molar-refractivity contribution in [3.05, 3.63) is 34.5 Å². The van der Waals surface area contributed by atoms with Gasteiger partial charge in [0.15, 0.2) is 28.8 Å². The molecule has 4 rings (SSSR count). The Balaban J connectivity index is 1.95. The maximum atomic E-state index is 13.4. The molecule has 0 spiro atoms. The van der Waals surface area contributed by atoms with Crippen LogP contribution in [0.2, 0.25) is 0 Å². The predicted molar refractivity (Wildman–Crippen MR) is 116 cm³/mol. The Morgan fingerprint density at radius 2 is 1.66 bits per heavy atom. The van der Waals surface area contributed by atoms with Crippen LogP contribution in [-0.2, 0) is 4.74 Å². The van der Waals surface area contributed by atoms with Crippen LogP contribution in [0.5, 0.6) is 34.5 Å². The van der Waals surface area contributed by atoms with Crippen molar-refractivity contribution < 1.29 is 59.5 Å². The van der Waals surface area contributed by atoms with Crippen LogP contribution < -0.4 is 14.9 Å². The third kappa shape index (κ3) is 4.05. The molecule has 0 amide bonds. The number of hydrogen-bond donors (Lipinski definition) is 8. The van der Waals surface area contributed by atoms with Crippen LogP contribution in [0, 0.1) is 0 Å². The van der Waals surface area contributed by atoms with Crippen molar-refractivity contribution in [1.82, 2.24) is 0 Å². The maximum Gasteiger partial charge on any atom is 0.239 e. The standard InChI is InChI=1S/C22H22O13/c1-32-10-4-7(2-3-8(10)24)20-21(35-22-19(31)18(30)15(27)12(6-23)34-22)17(29)13-11(33-20)5-9(25)14(26)16(13)28/h2-5,12,15,18-19,22-28,30-31H,6H2,1H3/t12-,15-,18?,19?,22-/m1/s1. The lowest BCUT2D eigenvalue weighted by Crippen LogP contribution is -2.60. The molecule has 8 N–H and O–H groups in total. The topological polar surface area (TPSA) is 220 Å². The third-order valence-corrected chi connectivity index (χ3v) is 5.59. The minimum absolute atomic E-state index is 0.0135. The van der Waals surface area contributed by atoms with Gasteiger partial charge in [-0.2, -0.15) is 0 Å². The first-order valence-corrected chi connectivity index (χ1v) is 10.2. The van der Waals surface area contributed by atoms with Crippen molar-refractivity contribution in [2.45, 2.75) is 30.7 Å². The van der Waals surface area contributed by atoms with Gasteiger partial charge in [-0.05, 0) is 18.2 Å². The first kappa shape index (κ1) is 24.4. The molecule has 3 aromatic rings. The summed E-state index contributed by atoms with van der Waals surface area (Å²) in [6.07, 6.45) is -8.53. The van der Waals surface area contributed by atoms with E-state index in [9.17, 15) is 45.6 Å². The third-order valence-electron chi connectivity index (χ3n) is 5.59. The summed E-state index contributed by atoms with van der Waals surface area (Å²) in [4.78, 5) is 13.4. The number of phenols is 4. The van der Waals surface area contributed by atoms with Crippen molar-refractivity contribution in [3.8, 4) is 45.8 Å². The molecule has 13 nitrogen and oxygen atoms in total. The van der Waals surface area contributed by atoms with Crippen LogP contribution >= 0.6 is 0 Å². The highest BCUT2D eigenvalue weighted by Gasteiger charge is 2.45. The van der Waals surface area contributed by atoms with Gasteiger partial charge in [0.25, 0.3) is 0 Å². The van der Waals surface area contributed by atoms with Gasteiger partial charge in [0.1, 0.15) is 35.4 Å². The van der Waals surface area contributed by atoms with Crippen LogP contribution in [0.15, 0.2) is 33.5 Å². The molecule has 0 aliphatic carbocycles. The van der Waals surface area contributed by atoms with Crippen LogP contribution in [-0.4, -0.2) is 85.3 Å². The molecule has 0 bridgehead atoms. The van der Waals surface area contributed by atoms with Gasteiger partial charge in [0, 0.05) is 11.6 Å². The molecule has 1 saturated heterocycles. The van der Waals surface area contributed by atoms with Gasteiger partial charge in [-0.15, -0.1) is 0 Å². The van der Waals surface area contributed by atoms with Crippen LogP contribution in [0.4, 0.5) is 0 Å². The van der Waals surface area contributed by atoms with Gasteiger partial charge < -0.3 is 59.5 Å². The van der Waals surface area contributed by atoms with Crippen molar-refractivity contribution in [2.24, 2.45) is 0 Å². The van der Waals surface area contributed by atoms with E-state index in [0.717, 1.165) is 6.07 Å². The Bertz CT molecular complexity index is 1320. The lowest BCUT2D eigenvalue weighted by atomic mass is 9.99. The lowest BCUT2D eigenvalue weighted by Gasteiger charge is -2.39. The second kappa shape index (κ2) is 9.13. The molecule has 13 heteroatoms. The average Bonchev–Trinajstić information content (AvgIpc) is 2.84. The van der Waals surface area contributed by atoms with Gasteiger partial charge in [-0.3, -0.25) is 4.79 Å². The van der Waals surface area contributed by atoms with Gasteiger partial charge in [0.05, 0.1) is 13.7 Å². The van der Waals surface area contributed by atoms with E-state index in [-0.39, 0.29) is 28.4 Å². The fourth-order valence-corrected chi connectivity index (χ4v) is 3.69. The summed E-state index contributed by atoms with van der Waals surface area (Å²) >= 11 is 0. The summed E-state index contributed by atoms with van der Waals surface area (Å²) in [5, 5.41) is 79.2. The van der Waals surface area contributed by atoms with Gasteiger partial charge in [-0.25, -0.2) is 0 Å². The molecular formula is C22H22O13. The minimum Gasteiger partial charge on any atom is -0.504 e. The highest BCUT2D eigenvalue weighted by Crippen LogP contribution is 2.43. The van der Waals surface area contributed by atoms with Crippen LogP contribution in [0.3, 0.4) is 0 Å². The summed E-state index contributed by atoms with van der Waals surface area (Å²) in [6.45, 7) is -0.757. The van der Waals surface area contributed by atoms with Gasteiger partial charge in [-0.1, -0.05) is 0 Å². The van der Waals surface area contributed by atoms with E-state index >= 15 is 0 Å². The maximum absolute atomic E-state index is 13.4. The van der Waals surface area contributed by atoms with E-state index in [2.05, 4.69) is 0 Å². The fraction of sp³-hybridized carbons (Fsp3) is 0.318. The number of hydrogen-bond acceptors (Lipinski definition) is 13. The number of fused-ring (bicyclic) bond motifs is 1. The molecule has 1 fully saturated rings. The Morgan fingerprint density at radius 1 is 0.943 bits per heavy atom. The molecule has 2 aromatic carbocycles. The number of benzene rings is 2. The van der Waals surface area contributed by atoms with Gasteiger partial charge in [0.2, 0.25) is 23.2 Å². The second-order valence-electron chi connectivity index (χ2n) is 7.76. The number of ether oxygens (including phenoxy) is 3. The number of aromatic hydroxyl groups is 4. The zero-order valence-corrected chi connectivity index (χ0v) is 18.0. The highest BCUT2D eigenvalue weighted by molar-refractivity contribution is 5.91. The van der Waals surface area contributed by atoms with Crippen molar-refractivity contribution in [3.63, 3.8) is 0 Å². The zero-order valence-electron chi connectivity index (χ0n) is 18.0. The SMILES string of the molecule is COc1cc(-c2oc3cc(O)c(O)c(O)c3c(=O)c2O[C@H]2O[C@H](CO)[C@@H](O)C(O)C2O)ccc1O. The van der Waals surface area contributed by atoms with E-state index in [0.29, 0.717) is 0 Å². The molecule has 2 unspecified atom stereocenters. The first-order valence-electron chi connectivity index (χ1n) is 10.2.